The van der Waals surface area contributed by atoms with Crippen molar-refractivity contribution in [3.05, 3.63) is 35.9 Å². The number of nitrogens with one attached hydrogen (secondary N) is 2. The Morgan fingerprint density at radius 1 is 1.25 bits per heavy atom. The van der Waals surface area contributed by atoms with Gasteiger partial charge in [-0.15, -0.1) is 0 Å². The van der Waals surface area contributed by atoms with E-state index >= 15 is 0 Å². The SMILES string of the molecule is CCNC(=NCC(=O)N1CCCC1)NC(C)CCc1ccccc1. The highest BCUT2D eigenvalue weighted by molar-refractivity contribution is 5.85. The van der Waals surface area contributed by atoms with Crippen molar-refractivity contribution in [1.29, 1.82) is 0 Å². The molecule has 0 saturated carbocycles. The molecule has 1 aromatic carbocycles. The van der Waals surface area contributed by atoms with E-state index in [2.05, 4.69) is 46.8 Å². The second-order valence-electron chi connectivity index (χ2n) is 6.35. The molecule has 2 rings (SSSR count). The second-order valence-corrected chi connectivity index (χ2v) is 6.35. The zero-order valence-corrected chi connectivity index (χ0v) is 14.9. The molecular formula is C19H30N4O. The monoisotopic (exact) mass is 330 g/mol. The Labute approximate surface area is 145 Å². The molecule has 1 atom stereocenters. The van der Waals surface area contributed by atoms with Gasteiger partial charge in [0.15, 0.2) is 5.96 Å². The first-order chi connectivity index (χ1) is 11.7. The Morgan fingerprint density at radius 3 is 2.62 bits per heavy atom. The summed E-state index contributed by atoms with van der Waals surface area (Å²) in [5.74, 6) is 0.854. The quantitative estimate of drug-likeness (QED) is 0.595. The summed E-state index contributed by atoms with van der Waals surface area (Å²) >= 11 is 0. The second kappa shape index (κ2) is 9.96. The highest BCUT2D eigenvalue weighted by Gasteiger charge is 2.17. The molecule has 2 N–H and O–H groups in total. The van der Waals surface area contributed by atoms with Crippen molar-refractivity contribution < 1.29 is 4.79 Å². The first kappa shape index (κ1) is 18.3. The summed E-state index contributed by atoms with van der Waals surface area (Å²) in [6.45, 7) is 6.96. The molecule has 0 bridgehead atoms. The van der Waals surface area contributed by atoms with Crippen molar-refractivity contribution in [3.63, 3.8) is 0 Å². The molecular weight excluding hydrogens is 300 g/mol. The Balaban J connectivity index is 1.80. The number of benzene rings is 1. The van der Waals surface area contributed by atoms with Crippen LogP contribution in [0.2, 0.25) is 0 Å². The Hall–Kier alpha value is -2.04. The van der Waals surface area contributed by atoms with Crippen LogP contribution in [0, 0.1) is 0 Å². The minimum Gasteiger partial charge on any atom is -0.357 e. The largest absolute Gasteiger partial charge is 0.357 e. The van der Waals surface area contributed by atoms with Crippen LogP contribution < -0.4 is 10.6 Å². The van der Waals surface area contributed by atoms with Crippen LogP contribution in [-0.4, -0.2) is 49.0 Å². The third-order valence-corrected chi connectivity index (χ3v) is 4.27. The predicted molar refractivity (Wildman–Crippen MR) is 99.2 cm³/mol. The first-order valence-electron chi connectivity index (χ1n) is 9.05. The molecule has 0 aliphatic carbocycles. The fraction of sp³-hybridized carbons (Fsp3) is 0.579. The van der Waals surface area contributed by atoms with E-state index in [9.17, 15) is 4.79 Å². The van der Waals surface area contributed by atoms with Crippen LogP contribution in [0.3, 0.4) is 0 Å². The van der Waals surface area contributed by atoms with E-state index in [1.165, 1.54) is 5.56 Å². The van der Waals surface area contributed by atoms with Gasteiger partial charge in [0.05, 0.1) is 0 Å². The van der Waals surface area contributed by atoms with E-state index in [-0.39, 0.29) is 12.5 Å². The van der Waals surface area contributed by atoms with E-state index in [0.29, 0.717) is 6.04 Å². The fourth-order valence-electron chi connectivity index (χ4n) is 2.87. The number of likely N-dealkylation sites (tertiary alicyclic amines) is 1. The number of carbonyl (C=O) groups excluding carboxylic acids is 1. The van der Waals surface area contributed by atoms with Crippen LogP contribution in [-0.2, 0) is 11.2 Å². The summed E-state index contributed by atoms with van der Waals surface area (Å²) in [6.07, 6.45) is 4.28. The zero-order chi connectivity index (χ0) is 17.2. The molecule has 0 spiro atoms. The average molecular weight is 330 g/mol. The number of amides is 1. The molecule has 1 fully saturated rings. The molecule has 1 aromatic rings. The lowest BCUT2D eigenvalue weighted by atomic mass is 10.1. The zero-order valence-electron chi connectivity index (χ0n) is 14.9. The van der Waals surface area contributed by atoms with Gasteiger partial charge < -0.3 is 15.5 Å². The number of hydrogen-bond donors (Lipinski definition) is 2. The van der Waals surface area contributed by atoms with Crippen LogP contribution in [0.1, 0.15) is 38.7 Å². The maximum atomic E-state index is 12.1. The van der Waals surface area contributed by atoms with E-state index in [1.54, 1.807) is 0 Å². The molecule has 0 radical (unpaired) electrons. The first-order valence-corrected chi connectivity index (χ1v) is 9.05. The normalized spacial score (nSPS) is 16.1. The summed E-state index contributed by atoms with van der Waals surface area (Å²) in [4.78, 5) is 18.5. The van der Waals surface area contributed by atoms with Gasteiger partial charge >= 0.3 is 0 Å². The standard InChI is InChI=1S/C19H30N4O/c1-3-20-19(21-15-18(24)23-13-7-8-14-23)22-16(2)11-12-17-9-5-4-6-10-17/h4-6,9-10,16H,3,7-8,11-15H2,1-2H3,(H2,20,21,22). The van der Waals surface area contributed by atoms with Crippen LogP contribution in [0.15, 0.2) is 35.3 Å². The van der Waals surface area contributed by atoms with Crippen molar-refractivity contribution in [2.45, 2.75) is 45.6 Å². The highest BCUT2D eigenvalue weighted by Crippen LogP contribution is 2.07. The minimum absolute atomic E-state index is 0.127. The molecule has 1 aliphatic rings. The van der Waals surface area contributed by atoms with Gasteiger partial charge in [-0.1, -0.05) is 30.3 Å². The summed E-state index contributed by atoms with van der Waals surface area (Å²) in [7, 11) is 0. The number of aryl methyl sites for hydroxylation is 1. The topological polar surface area (TPSA) is 56.7 Å². The van der Waals surface area contributed by atoms with Gasteiger partial charge in [-0.05, 0) is 45.1 Å². The predicted octanol–water partition coefficient (Wildman–Crippen LogP) is 2.19. The van der Waals surface area contributed by atoms with Gasteiger partial charge in [0.25, 0.3) is 0 Å². The van der Waals surface area contributed by atoms with E-state index < -0.39 is 0 Å². The molecule has 1 unspecified atom stereocenters. The molecule has 1 amide bonds. The molecule has 1 heterocycles. The van der Waals surface area contributed by atoms with Gasteiger partial charge in [-0.3, -0.25) is 4.79 Å². The molecule has 0 aromatic heterocycles. The molecule has 1 saturated heterocycles. The summed E-state index contributed by atoms with van der Waals surface area (Å²) < 4.78 is 0. The van der Waals surface area contributed by atoms with Gasteiger partial charge in [0, 0.05) is 25.7 Å². The summed E-state index contributed by atoms with van der Waals surface area (Å²) in [5.41, 5.74) is 1.34. The van der Waals surface area contributed by atoms with Crippen molar-refractivity contribution in [3.8, 4) is 0 Å². The third-order valence-electron chi connectivity index (χ3n) is 4.27. The van der Waals surface area contributed by atoms with Gasteiger partial charge in [0.2, 0.25) is 5.91 Å². The van der Waals surface area contributed by atoms with Crippen LogP contribution >= 0.6 is 0 Å². The number of guanidine groups is 1. The van der Waals surface area contributed by atoms with Crippen molar-refractivity contribution in [2.24, 2.45) is 4.99 Å². The number of aliphatic imine (C=N–C) groups is 1. The minimum atomic E-state index is 0.127. The lowest BCUT2D eigenvalue weighted by Crippen LogP contribution is -2.43. The van der Waals surface area contributed by atoms with Crippen LogP contribution in [0.4, 0.5) is 0 Å². The van der Waals surface area contributed by atoms with Crippen LogP contribution in [0.25, 0.3) is 0 Å². The fourth-order valence-corrected chi connectivity index (χ4v) is 2.87. The molecule has 1 aliphatic heterocycles. The maximum absolute atomic E-state index is 12.1. The Morgan fingerprint density at radius 2 is 1.96 bits per heavy atom. The van der Waals surface area contributed by atoms with Gasteiger partial charge in [-0.25, -0.2) is 4.99 Å². The summed E-state index contributed by atoms with van der Waals surface area (Å²) in [6, 6.07) is 10.8. The molecule has 24 heavy (non-hydrogen) atoms. The summed E-state index contributed by atoms with van der Waals surface area (Å²) in [5, 5.41) is 6.63. The maximum Gasteiger partial charge on any atom is 0.244 e. The third kappa shape index (κ3) is 6.22. The van der Waals surface area contributed by atoms with E-state index in [1.807, 2.05) is 17.9 Å². The number of carbonyl (C=O) groups is 1. The van der Waals surface area contributed by atoms with E-state index in [4.69, 9.17) is 0 Å². The average Bonchev–Trinajstić information content (AvgIpc) is 3.13. The van der Waals surface area contributed by atoms with Gasteiger partial charge in [-0.2, -0.15) is 0 Å². The Kier molecular flexibility index (Phi) is 7.59. The lowest BCUT2D eigenvalue weighted by Gasteiger charge is -2.19. The number of nitrogens with zero attached hydrogens (tertiary/aromatic N) is 2. The smallest absolute Gasteiger partial charge is 0.244 e. The van der Waals surface area contributed by atoms with Crippen molar-refractivity contribution >= 4 is 11.9 Å². The highest BCUT2D eigenvalue weighted by atomic mass is 16.2. The van der Waals surface area contributed by atoms with Gasteiger partial charge in [0.1, 0.15) is 6.54 Å². The van der Waals surface area contributed by atoms with Crippen molar-refractivity contribution in [1.82, 2.24) is 15.5 Å². The van der Waals surface area contributed by atoms with Crippen molar-refractivity contribution in [2.75, 3.05) is 26.2 Å². The Bertz CT molecular complexity index is 523. The van der Waals surface area contributed by atoms with E-state index in [0.717, 1.165) is 51.3 Å². The molecule has 132 valence electrons. The number of hydrogen-bond acceptors (Lipinski definition) is 2. The number of rotatable bonds is 7. The van der Waals surface area contributed by atoms with Crippen LogP contribution in [0.5, 0.6) is 0 Å². The molecule has 5 heteroatoms. The lowest BCUT2D eigenvalue weighted by molar-refractivity contribution is -0.128. The molecule has 5 nitrogen and oxygen atoms in total.